The number of likely N-dealkylation sites (N-methyl/N-ethyl adjacent to an activating group) is 1. The van der Waals surface area contributed by atoms with Gasteiger partial charge in [0.05, 0.1) is 19.8 Å². The van der Waals surface area contributed by atoms with Crippen LogP contribution in [0.25, 0.3) is 10.8 Å². The number of anilines is 1. The zero-order valence-electron chi connectivity index (χ0n) is 19.4. The van der Waals surface area contributed by atoms with Crippen molar-refractivity contribution in [3.63, 3.8) is 0 Å². The first-order valence-electron chi connectivity index (χ1n) is 11.4. The first-order valence-corrected chi connectivity index (χ1v) is 12.3. The van der Waals surface area contributed by atoms with Crippen LogP contribution in [0.2, 0.25) is 0 Å². The lowest BCUT2D eigenvalue weighted by Gasteiger charge is -2.31. The molecule has 2 aliphatic heterocycles. The van der Waals surface area contributed by atoms with Crippen molar-refractivity contribution in [2.45, 2.75) is 30.7 Å². The first kappa shape index (κ1) is 25.3. The molecule has 0 bridgehead atoms. The number of piperidine rings is 1. The van der Waals surface area contributed by atoms with Gasteiger partial charge in [-0.1, -0.05) is 24.3 Å². The molecule has 2 aromatic carbocycles. The van der Waals surface area contributed by atoms with Gasteiger partial charge in [-0.2, -0.15) is 0 Å². The SMILES string of the molecule is CCOC(=O)N1CCC(NSc2cccc3c(NC=O)cccc23)CC1.CN1CCOCC1. The Morgan fingerprint density at radius 2 is 1.82 bits per heavy atom. The second-order valence-electron chi connectivity index (χ2n) is 8.01. The van der Waals surface area contributed by atoms with Gasteiger partial charge in [0.2, 0.25) is 6.41 Å². The molecule has 2 saturated heterocycles. The molecule has 2 N–H and O–H groups in total. The van der Waals surface area contributed by atoms with E-state index < -0.39 is 0 Å². The van der Waals surface area contributed by atoms with Crippen molar-refractivity contribution in [3.8, 4) is 0 Å². The van der Waals surface area contributed by atoms with Crippen LogP contribution in [-0.4, -0.2) is 81.4 Å². The van der Waals surface area contributed by atoms with Gasteiger partial charge in [-0.05, 0) is 56.3 Å². The Morgan fingerprint density at radius 1 is 1.12 bits per heavy atom. The van der Waals surface area contributed by atoms with E-state index in [1.807, 2.05) is 31.2 Å². The second kappa shape index (κ2) is 13.4. The Morgan fingerprint density at radius 3 is 2.45 bits per heavy atom. The number of hydrogen-bond acceptors (Lipinski definition) is 7. The zero-order valence-corrected chi connectivity index (χ0v) is 20.2. The molecule has 8 nitrogen and oxygen atoms in total. The van der Waals surface area contributed by atoms with Gasteiger partial charge < -0.3 is 24.6 Å². The van der Waals surface area contributed by atoms with E-state index in [1.165, 1.54) is 0 Å². The molecule has 9 heteroatoms. The zero-order chi connectivity index (χ0) is 23.5. The third-order valence-electron chi connectivity index (χ3n) is 5.69. The van der Waals surface area contributed by atoms with Crippen molar-refractivity contribution < 1.29 is 19.1 Å². The van der Waals surface area contributed by atoms with Gasteiger partial charge in [-0.15, -0.1) is 0 Å². The van der Waals surface area contributed by atoms with Crippen molar-refractivity contribution in [2.75, 3.05) is 58.4 Å². The highest BCUT2D eigenvalue weighted by Crippen LogP contribution is 2.31. The minimum atomic E-state index is -0.220. The van der Waals surface area contributed by atoms with Gasteiger partial charge >= 0.3 is 6.09 Å². The molecule has 2 fully saturated rings. The average molecular weight is 475 g/mol. The molecule has 0 aromatic heterocycles. The van der Waals surface area contributed by atoms with E-state index in [1.54, 1.807) is 16.8 Å². The second-order valence-corrected chi connectivity index (χ2v) is 8.89. The Hall–Kier alpha value is -2.33. The van der Waals surface area contributed by atoms with E-state index in [4.69, 9.17) is 9.47 Å². The summed E-state index contributed by atoms with van der Waals surface area (Å²) in [7, 11) is 2.11. The van der Waals surface area contributed by atoms with Gasteiger partial charge in [-0.3, -0.25) is 9.52 Å². The molecule has 2 aromatic rings. The summed E-state index contributed by atoms with van der Waals surface area (Å²) in [6, 6.07) is 12.3. The van der Waals surface area contributed by atoms with Crippen molar-refractivity contribution in [2.24, 2.45) is 0 Å². The number of nitrogens with one attached hydrogen (secondary N) is 2. The van der Waals surface area contributed by atoms with Crippen molar-refractivity contribution in [3.05, 3.63) is 36.4 Å². The Bertz CT molecular complexity index is 899. The summed E-state index contributed by atoms with van der Waals surface area (Å²) in [6.07, 6.45) is 2.27. The van der Waals surface area contributed by atoms with Gasteiger partial charge in [0, 0.05) is 48.2 Å². The van der Waals surface area contributed by atoms with E-state index in [9.17, 15) is 9.59 Å². The topological polar surface area (TPSA) is 83.1 Å². The number of benzene rings is 2. The number of nitrogens with zero attached hydrogens (tertiary/aromatic N) is 2. The van der Waals surface area contributed by atoms with Crippen LogP contribution in [-0.2, 0) is 14.3 Å². The van der Waals surface area contributed by atoms with E-state index >= 15 is 0 Å². The maximum absolute atomic E-state index is 11.8. The summed E-state index contributed by atoms with van der Waals surface area (Å²) in [4.78, 5) is 27.7. The third kappa shape index (κ3) is 7.60. The normalized spacial score (nSPS) is 17.2. The highest BCUT2D eigenvalue weighted by molar-refractivity contribution is 7.97. The predicted octanol–water partition coefficient (Wildman–Crippen LogP) is 3.57. The number of carbonyl (C=O) groups excluding carboxylic acids is 2. The van der Waals surface area contributed by atoms with Gasteiger partial charge in [0.15, 0.2) is 0 Å². The van der Waals surface area contributed by atoms with Gasteiger partial charge in [-0.25, -0.2) is 4.79 Å². The molecule has 0 saturated carbocycles. The van der Waals surface area contributed by atoms with Crippen molar-refractivity contribution >= 4 is 40.9 Å². The fraction of sp³-hybridized carbons (Fsp3) is 0.500. The molecular weight excluding hydrogens is 440 g/mol. The molecule has 0 aliphatic carbocycles. The van der Waals surface area contributed by atoms with Crippen LogP contribution in [0.4, 0.5) is 10.5 Å². The van der Waals surface area contributed by atoms with Crippen LogP contribution in [0.1, 0.15) is 19.8 Å². The van der Waals surface area contributed by atoms with Crippen molar-refractivity contribution in [1.29, 1.82) is 0 Å². The summed E-state index contributed by atoms with van der Waals surface area (Å²) in [6.45, 7) is 7.67. The van der Waals surface area contributed by atoms with Crippen molar-refractivity contribution in [1.82, 2.24) is 14.5 Å². The summed E-state index contributed by atoms with van der Waals surface area (Å²) in [5.41, 5.74) is 0.808. The number of rotatable bonds is 6. The maximum atomic E-state index is 11.8. The number of hydrogen-bond donors (Lipinski definition) is 2. The third-order valence-corrected chi connectivity index (χ3v) is 6.71. The van der Waals surface area contributed by atoms with E-state index in [2.05, 4.69) is 34.1 Å². The van der Waals surface area contributed by atoms with E-state index in [0.29, 0.717) is 32.1 Å². The monoisotopic (exact) mass is 474 g/mol. The molecule has 0 atom stereocenters. The highest BCUT2D eigenvalue weighted by atomic mass is 32.2. The van der Waals surface area contributed by atoms with Crippen LogP contribution in [0.15, 0.2) is 41.3 Å². The predicted molar refractivity (Wildman–Crippen MR) is 133 cm³/mol. The molecule has 0 unspecified atom stereocenters. The molecule has 0 spiro atoms. The van der Waals surface area contributed by atoms with Crippen LogP contribution in [0, 0.1) is 0 Å². The Labute approximate surface area is 200 Å². The standard InChI is InChI=1S/C19H23N3O3S.C5H11NO/c1-2-25-19(24)22-11-9-14(10-12-22)21-26-18-8-4-5-15-16(18)6-3-7-17(15)20-13-23;1-6-2-4-7-5-3-6/h3-8,13-14,21H,2,9-12H2,1H3,(H,20,23);2-5H2,1H3. The minimum absolute atomic E-state index is 0.220. The molecular formula is C24H34N4O4S. The number of carbonyl (C=O) groups is 2. The first-order chi connectivity index (χ1) is 16.1. The summed E-state index contributed by atoms with van der Waals surface area (Å²) >= 11 is 1.60. The number of ether oxygens (including phenoxy) is 2. The maximum Gasteiger partial charge on any atom is 0.409 e. The van der Waals surface area contributed by atoms with E-state index in [0.717, 1.165) is 60.5 Å². The average Bonchev–Trinajstić information content (AvgIpc) is 2.84. The number of morpholine rings is 1. The molecule has 0 radical (unpaired) electrons. The molecule has 4 rings (SSSR count). The number of amides is 2. The lowest BCUT2D eigenvalue weighted by atomic mass is 10.1. The van der Waals surface area contributed by atoms with E-state index in [-0.39, 0.29) is 6.09 Å². The lowest BCUT2D eigenvalue weighted by molar-refractivity contribution is -0.105. The largest absolute Gasteiger partial charge is 0.450 e. The molecule has 2 aliphatic rings. The van der Waals surface area contributed by atoms with Crippen LogP contribution in [0.5, 0.6) is 0 Å². The Kier molecular flexibility index (Phi) is 10.3. The van der Waals surface area contributed by atoms with Crippen LogP contribution < -0.4 is 10.0 Å². The van der Waals surface area contributed by atoms with Crippen LogP contribution >= 0.6 is 11.9 Å². The Balaban J connectivity index is 0.000000374. The quantitative estimate of drug-likeness (QED) is 0.489. The molecule has 33 heavy (non-hydrogen) atoms. The molecule has 2 amide bonds. The highest BCUT2D eigenvalue weighted by Gasteiger charge is 2.23. The fourth-order valence-electron chi connectivity index (χ4n) is 3.76. The minimum Gasteiger partial charge on any atom is -0.450 e. The summed E-state index contributed by atoms with van der Waals surface area (Å²) in [5.74, 6) is 0. The number of fused-ring (bicyclic) bond motifs is 1. The summed E-state index contributed by atoms with van der Waals surface area (Å²) < 4.78 is 13.7. The van der Waals surface area contributed by atoms with Crippen LogP contribution in [0.3, 0.4) is 0 Å². The lowest BCUT2D eigenvalue weighted by Crippen LogP contribution is -2.43. The molecule has 180 valence electrons. The smallest absolute Gasteiger partial charge is 0.409 e. The fourth-order valence-corrected chi connectivity index (χ4v) is 4.72. The molecule has 2 heterocycles. The number of likely N-dealkylation sites (tertiary alicyclic amines) is 1. The summed E-state index contributed by atoms with van der Waals surface area (Å²) in [5, 5.41) is 4.86. The van der Waals surface area contributed by atoms with Gasteiger partial charge in [0.1, 0.15) is 0 Å². The van der Waals surface area contributed by atoms with Gasteiger partial charge in [0.25, 0.3) is 0 Å².